The number of aryl methyl sites for hydroxylation is 2. The highest BCUT2D eigenvalue weighted by Gasteiger charge is 2.26. The van der Waals surface area contributed by atoms with E-state index in [0.717, 1.165) is 11.4 Å². The Labute approximate surface area is 98.5 Å². The van der Waals surface area contributed by atoms with Crippen molar-refractivity contribution in [2.45, 2.75) is 32.6 Å². The Bertz CT molecular complexity index is 601. The molecule has 0 spiro atoms. The van der Waals surface area contributed by atoms with E-state index < -0.39 is 0 Å². The van der Waals surface area contributed by atoms with Gasteiger partial charge in [-0.2, -0.15) is 0 Å². The van der Waals surface area contributed by atoms with E-state index in [-0.39, 0.29) is 5.56 Å². The molecule has 0 atom stereocenters. The fourth-order valence-electron chi connectivity index (χ4n) is 2.00. The van der Waals surface area contributed by atoms with E-state index in [9.17, 15) is 4.79 Å². The third-order valence-electron chi connectivity index (χ3n) is 2.94. The predicted molar refractivity (Wildman–Crippen MR) is 63.4 cm³/mol. The van der Waals surface area contributed by atoms with Crippen LogP contribution in [0.25, 0.3) is 5.82 Å². The van der Waals surface area contributed by atoms with Gasteiger partial charge in [0, 0.05) is 29.4 Å². The van der Waals surface area contributed by atoms with Gasteiger partial charge >= 0.3 is 0 Å². The molecule has 3 rings (SSSR count). The van der Waals surface area contributed by atoms with Crippen molar-refractivity contribution >= 4 is 0 Å². The van der Waals surface area contributed by atoms with Crippen molar-refractivity contribution in [2.24, 2.45) is 0 Å². The zero-order valence-electron chi connectivity index (χ0n) is 9.90. The second-order valence-corrected chi connectivity index (χ2v) is 4.57. The Kier molecular flexibility index (Phi) is 2.14. The first-order valence-corrected chi connectivity index (χ1v) is 5.78. The first kappa shape index (κ1) is 10.3. The lowest BCUT2D eigenvalue weighted by Crippen LogP contribution is -2.16. The van der Waals surface area contributed by atoms with E-state index in [1.54, 1.807) is 6.07 Å². The summed E-state index contributed by atoms with van der Waals surface area (Å²) < 4.78 is 1.50. The third kappa shape index (κ3) is 1.88. The van der Waals surface area contributed by atoms with Crippen molar-refractivity contribution in [1.29, 1.82) is 0 Å². The summed E-state index contributed by atoms with van der Waals surface area (Å²) in [6, 6.07) is 3.48. The molecule has 2 heterocycles. The molecule has 1 saturated carbocycles. The SMILES string of the molecule is Cc1cc(-n2[nH]c(C3CC3)cc2=O)nc(C)n1. The fraction of sp³-hybridized carbons (Fsp3) is 0.417. The Morgan fingerprint density at radius 3 is 2.71 bits per heavy atom. The largest absolute Gasteiger partial charge is 0.293 e. The highest BCUT2D eigenvalue weighted by Crippen LogP contribution is 2.38. The van der Waals surface area contributed by atoms with Crippen LogP contribution >= 0.6 is 0 Å². The number of nitrogens with one attached hydrogen (secondary N) is 1. The first-order valence-electron chi connectivity index (χ1n) is 5.78. The molecule has 88 valence electrons. The molecular formula is C12H14N4O. The summed E-state index contributed by atoms with van der Waals surface area (Å²) in [5.41, 5.74) is 1.83. The second kappa shape index (κ2) is 3.55. The molecule has 0 saturated heterocycles. The molecular weight excluding hydrogens is 216 g/mol. The zero-order chi connectivity index (χ0) is 12.0. The quantitative estimate of drug-likeness (QED) is 0.849. The van der Waals surface area contributed by atoms with Crippen LogP contribution in [0.2, 0.25) is 0 Å². The van der Waals surface area contributed by atoms with Crippen LogP contribution in [-0.4, -0.2) is 19.7 Å². The van der Waals surface area contributed by atoms with Gasteiger partial charge in [0.25, 0.3) is 5.56 Å². The molecule has 5 heteroatoms. The Morgan fingerprint density at radius 2 is 2.06 bits per heavy atom. The van der Waals surface area contributed by atoms with Gasteiger partial charge in [-0.25, -0.2) is 14.6 Å². The molecule has 2 aromatic rings. The van der Waals surface area contributed by atoms with Crippen LogP contribution in [0.3, 0.4) is 0 Å². The lowest BCUT2D eigenvalue weighted by molar-refractivity contribution is 0.777. The summed E-state index contributed by atoms with van der Waals surface area (Å²) in [5, 5.41) is 3.13. The Balaban J connectivity index is 2.10. The van der Waals surface area contributed by atoms with Crippen molar-refractivity contribution in [2.75, 3.05) is 0 Å². The van der Waals surface area contributed by atoms with Gasteiger partial charge in [-0.3, -0.25) is 9.89 Å². The minimum atomic E-state index is -0.0515. The lowest BCUT2D eigenvalue weighted by Gasteiger charge is -2.03. The maximum absolute atomic E-state index is 11.9. The maximum atomic E-state index is 11.9. The lowest BCUT2D eigenvalue weighted by atomic mass is 10.3. The Hall–Kier alpha value is -1.91. The van der Waals surface area contributed by atoms with Crippen LogP contribution in [0, 0.1) is 13.8 Å². The van der Waals surface area contributed by atoms with Gasteiger partial charge < -0.3 is 0 Å². The van der Waals surface area contributed by atoms with Gasteiger partial charge in [0.15, 0.2) is 5.82 Å². The number of nitrogens with zero attached hydrogens (tertiary/aromatic N) is 3. The van der Waals surface area contributed by atoms with E-state index in [1.165, 1.54) is 17.5 Å². The summed E-state index contributed by atoms with van der Waals surface area (Å²) in [5.74, 6) is 1.83. The first-order chi connectivity index (χ1) is 8.13. The molecule has 0 unspecified atom stereocenters. The topological polar surface area (TPSA) is 63.6 Å². The Morgan fingerprint density at radius 1 is 1.29 bits per heavy atom. The molecule has 0 radical (unpaired) electrons. The van der Waals surface area contributed by atoms with Gasteiger partial charge in [0.1, 0.15) is 5.82 Å². The van der Waals surface area contributed by atoms with Crippen molar-refractivity contribution in [1.82, 2.24) is 19.7 Å². The number of rotatable bonds is 2. The summed E-state index contributed by atoms with van der Waals surface area (Å²) >= 11 is 0. The molecule has 5 nitrogen and oxygen atoms in total. The van der Waals surface area contributed by atoms with Gasteiger partial charge in [-0.15, -0.1) is 0 Å². The third-order valence-corrected chi connectivity index (χ3v) is 2.94. The molecule has 0 amide bonds. The van der Waals surface area contributed by atoms with E-state index in [1.807, 2.05) is 19.9 Å². The molecule has 0 aromatic carbocycles. The van der Waals surface area contributed by atoms with E-state index in [2.05, 4.69) is 15.1 Å². The normalized spacial score (nSPS) is 15.2. The van der Waals surface area contributed by atoms with Crippen LogP contribution < -0.4 is 5.56 Å². The highest BCUT2D eigenvalue weighted by molar-refractivity contribution is 5.25. The fourth-order valence-corrected chi connectivity index (χ4v) is 2.00. The van der Waals surface area contributed by atoms with Crippen LogP contribution in [0.5, 0.6) is 0 Å². The average Bonchev–Trinajstić information content (AvgIpc) is 3.01. The molecule has 1 aliphatic carbocycles. The number of H-pyrrole nitrogens is 1. The zero-order valence-corrected chi connectivity index (χ0v) is 9.90. The molecule has 1 N–H and O–H groups in total. The van der Waals surface area contributed by atoms with Crippen LogP contribution in [-0.2, 0) is 0 Å². The molecule has 1 aliphatic rings. The molecule has 1 fully saturated rings. The van der Waals surface area contributed by atoms with E-state index >= 15 is 0 Å². The highest BCUT2D eigenvalue weighted by atomic mass is 16.1. The number of aromatic nitrogens is 4. The van der Waals surface area contributed by atoms with Crippen molar-refractivity contribution < 1.29 is 0 Å². The van der Waals surface area contributed by atoms with E-state index in [0.29, 0.717) is 17.6 Å². The van der Waals surface area contributed by atoms with Gasteiger partial charge in [-0.1, -0.05) is 0 Å². The van der Waals surface area contributed by atoms with Gasteiger partial charge in [-0.05, 0) is 26.7 Å². The maximum Gasteiger partial charge on any atom is 0.272 e. The van der Waals surface area contributed by atoms with Crippen molar-refractivity contribution in [3.63, 3.8) is 0 Å². The van der Waals surface area contributed by atoms with Crippen LogP contribution in [0.1, 0.15) is 36.0 Å². The summed E-state index contributed by atoms with van der Waals surface area (Å²) in [6.45, 7) is 3.72. The number of aromatic amines is 1. The predicted octanol–water partition coefficient (Wildman–Crippen LogP) is 1.45. The van der Waals surface area contributed by atoms with E-state index in [4.69, 9.17) is 0 Å². The monoisotopic (exact) mass is 230 g/mol. The molecule has 17 heavy (non-hydrogen) atoms. The molecule has 0 bridgehead atoms. The van der Waals surface area contributed by atoms with Crippen LogP contribution in [0.4, 0.5) is 0 Å². The standard InChI is InChI=1S/C12H14N4O/c1-7-5-11(14-8(2)13-7)16-12(17)6-10(15-16)9-3-4-9/h5-6,9,15H,3-4H2,1-2H3. The number of hydrogen-bond donors (Lipinski definition) is 1. The van der Waals surface area contributed by atoms with Gasteiger partial charge in [0.2, 0.25) is 0 Å². The van der Waals surface area contributed by atoms with Crippen molar-refractivity contribution in [3.8, 4) is 5.82 Å². The molecule has 0 aliphatic heterocycles. The minimum Gasteiger partial charge on any atom is -0.293 e. The summed E-state index contributed by atoms with van der Waals surface area (Å²) in [6.07, 6.45) is 2.34. The minimum absolute atomic E-state index is 0.0515. The summed E-state index contributed by atoms with van der Waals surface area (Å²) in [7, 11) is 0. The van der Waals surface area contributed by atoms with Gasteiger partial charge in [0.05, 0.1) is 0 Å². The van der Waals surface area contributed by atoms with Crippen molar-refractivity contribution in [3.05, 3.63) is 39.7 Å². The number of hydrogen-bond acceptors (Lipinski definition) is 3. The second-order valence-electron chi connectivity index (χ2n) is 4.57. The summed E-state index contributed by atoms with van der Waals surface area (Å²) in [4.78, 5) is 20.3. The molecule has 2 aromatic heterocycles. The average molecular weight is 230 g/mol. The smallest absolute Gasteiger partial charge is 0.272 e. The van der Waals surface area contributed by atoms with Crippen LogP contribution in [0.15, 0.2) is 16.9 Å².